The first-order valence-electron chi connectivity index (χ1n) is 7.03. The van der Waals surface area contributed by atoms with Gasteiger partial charge in [-0.3, -0.25) is 4.90 Å². The Bertz CT molecular complexity index is 610. The molecule has 0 bridgehead atoms. The van der Waals surface area contributed by atoms with Gasteiger partial charge >= 0.3 is 0 Å². The molecular formula is C16H22ClN3O. The van der Waals surface area contributed by atoms with Crippen LogP contribution < -0.4 is 4.74 Å². The number of aromatic nitrogens is 2. The molecule has 0 amide bonds. The Hall–Kier alpha value is -1.52. The van der Waals surface area contributed by atoms with Gasteiger partial charge in [0.25, 0.3) is 0 Å². The first-order chi connectivity index (χ1) is 9.97. The second kappa shape index (κ2) is 6.96. The number of rotatable bonds is 6. The lowest BCUT2D eigenvalue weighted by molar-refractivity contribution is 0.228. The highest BCUT2D eigenvalue weighted by molar-refractivity contribution is 6.30. The Morgan fingerprint density at radius 3 is 2.71 bits per heavy atom. The average Bonchev–Trinajstić information content (AvgIpc) is 2.66. The van der Waals surface area contributed by atoms with Crippen molar-refractivity contribution in [3.8, 4) is 5.75 Å². The lowest BCUT2D eigenvalue weighted by atomic mass is 10.3. The van der Waals surface area contributed by atoms with Crippen molar-refractivity contribution in [3.05, 3.63) is 46.5 Å². The van der Waals surface area contributed by atoms with Gasteiger partial charge in [-0.2, -0.15) is 0 Å². The van der Waals surface area contributed by atoms with Gasteiger partial charge in [-0.05, 0) is 39.1 Å². The van der Waals surface area contributed by atoms with E-state index in [0.29, 0.717) is 11.6 Å². The summed E-state index contributed by atoms with van der Waals surface area (Å²) < 4.78 is 7.84. The van der Waals surface area contributed by atoms with Crippen molar-refractivity contribution in [1.82, 2.24) is 14.5 Å². The topological polar surface area (TPSA) is 30.3 Å². The minimum absolute atomic E-state index is 0.624. The SMILES string of the molecule is Cc1nc(CN(C)CCOc2cccc(Cl)c2)n(C)c1C. The van der Waals surface area contributed by atoms with Crippen LogP contribution in [-0.2, 0) is 13.6 Å². The molecule has 114 valence electrons. The molecular weight excluding hydrogens is 286 g/mol. The van der Waals surface area contributed by atoms with Gasteiger partial charge in [0.2, 0.25) is 0 Å². The van der Waals surface area contributed by atoms with Gasteiger partial charge in [-0.1, -0.05) is 17.7 Å². The van der Waals surface area contributed by atoms with Crippen molar-refractivity contribution in [2.75, 3.05) is 20.2 Å². The van der Waals surface area contributed by atoms with E-state index in [1.54, 1.807) is 0 Å². The molecule has 0 spiro atoms. The monoisotopic (exact) mass is 307 g/mol. The zero-order chi connectivity index (χ0) is 15.4. The molecule has 0 atom stereocenters. The van der Waals surface area contributed by atoms with Crippen LogP contribution in [-0.4, -0.2) is 34.7 Å². The third kappa shape index (κ3) is 4.22. The highest BCUT2D eigenvalue weighted by Crippen LogP contribution is 2.17. The minimum atomic E-state index is 0.624. The molecule has 0 aliphatic heterocycles. The summed E-state index contributed by atoms with van der Waals surface area (Å²) in [4.78, 5) is 6.79. The van der Waals surface area contributed by atoms with Crippen molar-refractivity contribution in [2.45, 2.75) is 20.4 Å². The molecule has 0 N–H and O–H groups in total. The van der Waals surface area contributed by atoms with E-state index >= 15 is 0 Å². The molecule has 0 fully saturated rings. The summed E-state index contributed by atoms with van der Waals surface area (Å²) in [5.74, 6) is 1.88. The van der Waals surface area contributed by atoms with Gasteiger partial charge in [0.05, 0.1) is 12.2 Å². The maximum Gasteiger partial charge on any atom is 0.123 e. The molecule has 0 saturated heterocycles. The van der Waals surface area contributed by atoms with Crippen LogP contribution in [0.15, 0.2) is 24.3 Å². The quantitative estimate of drug-likeness (QED) is 0.821. The fourth-order valence-corrected chi connectivity index (χ4v) is 2.30. The van der Waals surface area contributed by atoms with Crippen LogP contribution in [0.3, 0.4) is 0 Å². The van der Waals surface area contributed by atoms with Gasteiger partial charge in [0.15, 0.2) is 0 Å². The third-order valence-electron chi connectivity index (χ3n) is 3.66. The summed E-state index contributed by atoms with van der Waals surface area (Å²) >= 11 is 5.93. The van der Waals surface area contributed by atoms with Crippen LogP contribution >= 0.6 is 11.6 Å². The summed E-state index contributed by atoms with van der Waals surface area (Å²) in [5, 5.41) is 0.694. The van der Waals surface area contributed by atoms with E-state index in [1.807, 2.05) is 31.2 Å². The molecule has 1 heterocycles. The number of likely N-dealkylation sites (N-methyl/N-ethyl adjacent to an activating group) is 1. The summed E-state index contributed by atoms with van der Waals surface area (Å²) in [5.41, 5.74) is 2.31. The van der Waals surface area contributed by atoms with E-state index in [2.05, 4.69) is 35.5 Å². The molecule has 0 saturated carbocycles. The molecule has 0 aliphatic carbocycles. The van der Waals surface area contributed by atoms with Crippen molar-refractivity contribution in [2.24, 2.45) is 7.05 Å². The largest absolute Gasteiger partial charge is 0.492 e. The molecule has 1 aromatic heterocycles. The molecule has 0 radical (unpaired) electrons. The second-order valence-electron chi connectivity index (χ2n) is 5.30. The summed E-state index contributed by atoms with van der Waals surface area (Å²) in [7, 11) is 4.13. The van der Waals surface area contributed by atoms with Crippen molar-refractivity contribution >= 4 is 11.6 Å². The van der Waals surface area contributed by atoms with Gasteiger partial charge in [-0.15, -0.1) is 0 Å². The normalized spacial score (nSPS) is 11.1. The number of ether oxygens (including phenoxy) is 1. The number of benzene rings is 1. The molecule has 0 aliphatic rings. The van der Waals surface area contributed by atoms with Crippen LogP contribution in [0.2, 0.25) is 5.02 Å². The smallest absolute Gasteiger partial charge is 0.123 e. The Kier molecular flexibility index (Phi) is 5.26. The van der Waals surface area contributed by atoms with Crippen LogP contribution in [0.5, 0.6) is 5.75 Å². The molecule has 1 aromatic carbocycles. The maximum atomic E-state index is 5.93. The highest BCUT2D eigenvalue weighted by Gasteiger charge is 2.10. The predicted molar refractivity (Wildman–Crippen MR) is 86.0 cm³/mol. The van der Waals surface area contributed by atoms with Crippen molar-refractivity contribution in [1.29, 1.82) is 0 Å². The van der Waals surface area contributed by atoms with E-state index in [4.69, 9.17) is 16.3 Å². The molecule has 4 nitrogen and oxygen atoms in total. The van der Waals surface area contributed by atoms with Crippen LogP contribution in [0.25, 0.3) is 0 Å². The van der Waals surface area contributed by atoms with Gasteiger partial charge in [-0.25, -0.2) is 4.98 Å². The molecule has 2 rings (SSSR count). The molecule has 5 heteroatoms. The highest BCUT2D eigenvalue weighted by atomic mass is 35.5. The minimum Gasteiger partial charge on any atom is -0.492 e. The molecule has 21 heavy (non-hydrogen) atoms. The Labute approximate surface area is 131 Å². The van der Waals surface area contributed by atoms with Crippen LogP contribution in [0, 0.1) is 13.8 Å². The number of hydrogen-bond donors (Lipinski definition) is 0. The van der Waals surface area contributed by atoms with Crippen molar-refractivity contribution in [3.63, 3.8) is 0 Å². The van der Waals surface area contributed by atoms with Crippen molar-refractivity contribution < 1.29 is 4.74 Å². The van der Waals surface area contributed by atoms with Gasteiger partial charge < -0.3 is 9.30 Å². The standard InChI is InChI=1S/C16H22ClN3O/c1-12-13(2)20(4)16(18-12)11-19(3)8-9-21-15-7-5-6-14(17)10-15/h5-7,10H,8-9,11H2,1-4H3. The molecule has 2 aromatic rings. The summed E-state index contributed by atoms with van der Waals surface area (Å²) in [6, 6.07) is 7.47. The van der Waals surface area contributed by atoms with Gasteiger partial charge in [0, 0.05) is 24.3 Å². The van der Waals surface area contributed by atoms with E-state index in [0.717, 1.165) is 30.4 Å². The summed E-state index contributed by atoms with van der Waals surface area (Å²) in [6.07, 6.45) is 0. The number of hydrogen-bond acceptors (Lipinski definition) is 3. The third-order valence-corrected chi connectivity index (χ3v) is 3.89. The lowest BCUT2D eigenvalue weighted by Crippen LogP contribution is -2.25. The predicted octanol–water partition coefficient (Wildman–Crippen LogP) is 3.20. The number of imidazole rings is 1. The lowest BCUT2D eigenvalue weighted by Gasteiger charge is -2.17. The zero-order valence-corrected chi connectivity index (χ0v) is 13.8. The van der Waals surface area contributed by atoms with Gasteiger partial charge in [0.1, 0.15) is 18.2 Å². The fraction of sp³-hybridized carbons (Fsp3) is 0.438. The average molecular weight is 308 g/mol. The Morgan fingerprint density at radius 2 is 2.10 bits per heavy atom. The number of halogens is 1. The maximum absolute atomic E-state index is 5.93. The van der Waals surface area contributed by atoms with E-state index in [1.165, 1.54) is 5.69 Å². The Balaban J connectivity index is 1.82. The molecule has 0 unspecified atom stereocenters. The number of nitrogens with zero attached hydrogens (tertiary/aromatic N) is 3. The van der Waals surface area contributed by atoms with E-state index < -0.39 is 0 Å². The first kappa shape index (κ1) is 15.9. The fourth-order valence-electron chi connectivity index (χ4n) is 2.12. The van der Waals surface area contributed by atoms with E-state index in [9.17, 15) is 0 Å². The Morgan fingerprint density at radius 1 is 1.33 bits per heavy atom. The first-order valence-corrected chi connectivity index (χ1v) is 7.41. The van der Waals surface area contributed by atoms with Crippen LogP contribution in [0.1, 0.15) is 17.2 Å². The van der Waals surface area contributed by atoms with E-state index in [-0.39, 0.29) is 0 Å². The summed E-state index contributed by atoms with van der Waals surface area (Å²) in [6.45, 7) is 6.40. The number of aryl methyl sites for hydroxylation is 1. The van der Waals surface area contributed by atoms with Crippen LogP contribution in [0.4, 0.5) is 0 Å². The second-order valence-corrected chi connectivity index (χ2v) is 5.74. The zero-order valence-electron chi connectivity index (χ0n) is 13.1.